The van der Waals surface area contributed by atoms with Gasteiger partial charge in [0, 0.05) is 31.9 Å². The maximum Gasteiger partial charge on any atom is 0.168 e. The molecule has 0 amide bonds. The quantitative estimate of drug-likeness (QED) is 0.778. The monoisotopic (exact) mass is 294 g/mol. The van der Waals surface area contributed by atoms with Crippen molar-refractivity contribution in [3.05, 3.63) is 42.9 Å². The Bertz CT molecular complexity index is 782. The van der Waals surface area contributed by atoms with Crippen molar-refractivity contribution < 1.29 is 0 Å². The molecular weight excluding hydrogens is 276 g/mol. The zero-order valence-corrected chi connectivity index (χ0v) is 12.5. The van der Waals surface area contributed by atoms with E-state index in [1.54, 1.807) is 6.33 Å². The van der Waals surface area contributed by atoms with Crippen LogP contribution in [0.5, 0.6) is 0 Å². The second-order valence-electron chi connectivity index (χ2n) is 5.63. The molecule has 0 aliphatic carbocycles. The minimum atomic E-state index is 0.454. The lowest BCUT2D eigenvalue weighted by Crippen LogP contribution is -2.49. The second-order valence-corrected chi connectivity index (χ2v) is 5.63. The Morgan fingerprint density at radius 1 is 1.23 bits per heavy atom. The van der Waals surface area contributed by atoms with E-state index in [9.17, 15) is 0 Å². The molecule has 0 spiro atoms. The minimum Gasteiger partial charge on any atom is -0.352 e. The summed E-state index contributed by atoms with van der Waals surface area (Å²) in [6.07, 6.45) is 3.43. The van der Waals surface area contributed by atoms with Gasteiger partial charge in [-0.3, -0.25) is 0 Å². The number of fused-ring (bicyclic) bond motifs is 1. The van der Waals surface area contributed by atoms with Crippen molar-refractivity contribution in [3.63, 3.8) is 0 Å². The standard InChI is InChI=1S/C16H18N6/c1-12-10-21(8-7-18-12)16-14-9-17-11-19-15(14)22(20-16)13-5-3-2-4-6-13/h2-6,9,11-12,18H,7-8,10H2,1H3. The smallest absolute Gasteiger partial charge is 0.168 e. The van der Waals surface area contributed by atoms with Crippen molar-refractivity contribution in [1.29, 1.82) is 0 Å². The van der Waals surface area contributed by atoms with E-state index < -0.39 is 0 Å². The molecular formula is C16H18N6. The van der Waals surface area contributed by atoms with E-state index in [1.807, 2.05) is 41.2 Å². The van der Waals surface area contributed by atoms with Gasteiger partial charge in [0.1, 0.15) is 6.33 Å². The van der Waals surface area contributed by atoms with Crippen LogP contribution in [0.2, 0.25) is 0 Å². The second kappa shape index (κ2) is 5.38. The molecule has 1 aliphatic heterocycles. The van der Waals surface area contributed by atoms with E-state index in [4.69, 9.17) is 5.10 Å². The summed E-state index contributed by atoms with van der Waals surface area (Å²) in [6, 6.07) is 10.6. The lowest BCUT2D eigenvalue weighted by molar-refractivity contribution is 0.482. The molecule has 6 nitrogen and oxygen atoms in total. The third-order valence-corrected chi connectivity index (χ3v) is 4.00. The van der Waals surface area contributed by atoms with Crippen molar-refractivity contribution >= 4 is 16.9 Å². The summed E-state index contributed by atoms with van der Waals surface area (Å²) < 4.78 is 1.90. The first-order valence-electron chi connectivity index (χ1n) is 7.55. The molecule has 1 N–H and O–H groups in total. The number of nitrogens with one attached hydrogen (secondary N) is 1. The predicted molar refractivity (Wildman–Crippen MR) is 86.3 cm³/mol. The van der Waals surface area contributed by atoms with Gasteiger partial charge in [-0.25, -0.2) is 14.6 Å². The number of hydrogen-bond donors (Lipinski definition) is 1. The zero-order valence-electron chi connectivity index (χ0n) is 12.5. The van der Waals surface area contributed by atoms with E-state index in [2.05, 4.69) is 27.1 Å². The van der Waals surface area contributed by atoms with Gasteiger partial charge in [-0.05, 0) is 19.1 Å². The average molecular weight is 294 g/mol. The van der Waals surface area contributed by atoms with E-state index in [0.717, 1.165) is 42.2 Å². The molecule has 3 aromatic rings. The molecule has 1 unspecified atom stereocenters. The molecule has 3 heterocycles. The Labute approximate surface area is 128 Å². The molecule has 1 atom stereocenters. The maximum atomic E-state index is 4.83. The zero-order chi connectivity index (χ0) is 14.9. The molecule has 1 aromatic carbocycles. The first-order valence-corrected chi connectivity index (χ1v) is 7.55. The number of aromatic nitrogens is 4. The predicted octanol–water partition coefficient (Wildman–Crippen LogP) is 1.61. The van der Waals surface area contributed by atoms with Gasteiger partial charge in [-0.15, -0.1) is 5.10 Å². The van der Waals surface area contributed by atoms with Crippen molar-refractivity contribution in [2.24, 2.45) is 0 Å². The third-order valence-electron chi connectivity index (χ3n) is 4.00. The highest BCUT2D eigenvalue weighted by Gasteiger charge is 2.22. The number of anilines is 1. The molecule has 22 heavy (non-hydrogen) atoms. The summed E-state index contributed by atoms with van der Waals surface area (Å²) in [5.74, 6) is 0.966. The first kappa shape index (κ1) is 13.2. The Balaban J connectivity index is 1.86. The summed E-state index contributed by atoms with van der Waals surface area (Å²) in [5.41, 5.74) is 1.86. The molecule has 112 valence electrons. The van der Waals surface area contributed by atoms with Crippen LogP contribution in [0.3, 0.4) is 0 Å². The number of rotatable bonds is 2. The molecule has 1 aliphatic rings. The van der Waals surface area contributed by atoms with Gasteiger partial charge in [-0.1, -0.05) is 18.2 Å². The van der Waals surface area contributed by atoms with Crippen LogP contribution >= 0.6 is 0 Å². The third kappa shape index (κ3) is 2.21. The first-order chi connectivity index (χ1) is 10.8. The molecule has 2 aromatic heterocycles. The van der Waals surface area contributed by atoms with Crippen LogP contribution in [-0.4, -0.2) is 45.4 Å². The SMILES string of the molecule is CC1CN(c2nn(-c3ccccc3)c3ncncc23)CCN1. The molecule has 1 saturated heterocycles. The van der Waals surface area contributed by atoms with Crippen LogP contribution in [0.15, 0.2) is 42.9 Å². The number of benzene rings is 1. The van der Waals surface area contributed by atoms with E-state index in [1.165, 1.54) is 0 Å². The molecule has 6 heteroatoms. The average Bonchev–Trinajstić information content (AvgIpc) is 2.95. The van der Waals surface area contributed by atoms with Crippen LogP contribution in [0.4, 0.5) is 5.82 Å². The van der Waals surface area contributed by atoms with Crippen LogP contribution in [0.25, 0.3) is 16.7 Å². The van der Waals surface area contributed by atoms with Crippen LogP contribution in [0, 0.1) is 0 Å². The fourth-order valence-electron chi connectivity index (χ4n) is 2.95. The van der Waals surface area contributed by atoms with Crippen LogP contribution in [-0.2, 0) is 0 Å². The van der Waals surface area contributed by atoms with Crippen LogP contribution in [0.1, 0.15) is 6.92 Å². The van der Waals surface area contributed by atoms with Gasteiger partial charge in [0.25, 0.3) is 0 Å². The molecule has 0 saturated carbocycles. The van der Waals surface area contributed by atoms with Gasteiger partial charge in [0.2, 0.25) is 0 Å². The van der Waals surface area contributed by atoms with E-state index in [-0.39, 0.29) is 0 Å². The number of hydrogen-bond acceptors (Lipinski definition) is 5. The normalized spacial score (nSPS) is 18.8. The van der Waals surface area contributed by atoms with Gasteiger partial charge < -0.3 is 10.2 Å². The fourth-order valence-corrected chi connectivity index (χ4v) is 2.95. The van der Waals surface area contributed by atoms with Gasteiger partial charge in [0.15, 0.2) is 11.5 Å². The molecule has 0 bridgehead atoms. The van der Waals surface area contributed by atoms with Gasteiger partial charge in [0.05, 0.1) is 11.1 Å². The van der Waals surface area contributed by atoms with Crippen LogP contribution < -0.4 is 10.2 Å². The number of para-hydroxylation sites is 1. The molecule has 1 fully saturated rings. The van der Waals surface area contributed by atoms with E-state index >= 15 is 0 Å². The summed E-state index contributed by atoms with van der Waals surface area (Å²) in [4.78, 5) is 10.9. The Morgan fingerprint density at radius 3 is 2.91 bits per heavy atom. The summed E-state index contributed by atoms with van der Waals surface area (Å²) in [5, 5.41) is 9.29. The Kier molecular flexibility index (Phi) is 3.23. The summed E-state index contributed by atoms with van der Waals surface area (Å²) in [7, 11) is 0. The minimum absolute atomic E-state index is 0.454. The van der Waals surface area contributed by atoms with Gasteiger partial charge in [-0.2, -0.15) is 0 Å². The topological polar surface area (TPSA) is 58.9 Å². The Morgan fingerprint density at radius 2 is 2.09 bits per heavy atom. The number of nitrogens with zero attached hydrogens (tertiary/aromatic N) is 5. The highest BCUT2D eigenvalue weighted by molar-refractivity contribution is 5.88. The highest BCUT2D eigenvalue weighted by Crippen LogP contribution is 2.26. The summed E-state index contributed by atoms with van der Waals surface area (Å²) in [6.45, 7) is 5.05. The van der Waals surface area contributed by atoms with E-state index in [0.29, 0.717) is 6.04 Å². The Hall–Kier alpha value is -2.47. The van der Waals surface area contributed by atoms with Gasteiger partial charge >= 0.3 is 0 Å². The van der Waals surface area contributed by atoms with Crippen molar-refractivity contribution in [2.45, 2.75) is 13.0 Å². The summed E-state index contributed by atoms with van der Waals surface area (Å²) >= 11 is 0. The number of piperazine rings is 1. The molecule has 4 rings (SSSR count). The molecule has 0 radical (unpaired) electrons. The lowest BCUT2D eigenvalue weighted by atomic mass is 10.2. The van der Waals surface area contributed by atoms with Crippen molar-refractivity contribution in [1.82, 2.24) is 25.1 Å². The maximum absolute atomic E-state index is 4.83. The highest BCUT2D eigenvalue weighted by atomic mass is 15.4. The van der Waals surface area contributed by atoms with Crippen molar-refractivity contribution in [2.75, 3.05) is 24.5 Å². The lowest BCUT2D eigenvalue weighted by Gasteiger charge is -2.32. The largest absolute Gasteiger partial charge is 0.352 e. The fraction of sp³-hybridized carbons (Fsp3) is 0.312. The van der Waals surface area contributed by atoms with Crippen molar-refractivity contribution in [3.8, 4) is 5.69 Å².